The van der Waals surface area contributed by atoms with Crippen LogP contribution in [-0.4, -0.2) is 13.0 Å². The highest BCUT2D eigenvalue weighted by molar-refractivity contribution is 9.10. The summed E-state index contributed by atoms with van der Waals surface area (Å²) in [5.41, 5.74) is 3.68. The van der Waals surface area contributed by atoms with Crippen molar-refractivity contribution < 1.29 is 22.7 Å². The molecule has 0 aliphatic rings. The van der Waals surface area contributed by atoms with E-state index in [0.29, 0.717) is 6.07 Å². The number of hydrogen-bond acceptors (Lipinski definition) is 2. The van der Waals surface area contributed by atoms with Gasteiger partial charge in [-0.3, -0.25) is 4.79 Å². The summed E-state index contributed by atoms with van der Waals surface area (Å²) in [5.74, 6) is -0.996. The van der Waals surface area contributed by atoms with Gasteiger partial charge in [-0.2, -0.15) is 13.2 Å². The molecule has 7 heteroatoms. The lowest BCUT2D eigenvalue weighted by molar-refractivity contribution is -0.137. The predicted molar refractivity (Wildman–Crippen MR) is 54.2 cm³/mol. The number of ether oxygens (including phenoxy) is 1. The molecule has 0 aliphatic carbocycles. The zero-order valence-corrected chi connectivity index (χ0v) is 9.65. The molecule has 0 aromatic heterocycles. The lowest BCUT2D eigenvalue weighted by atomic mass is 10.1. The summed E-state index contributed by atoms with van der Waals surface area (Å²) in [6.45, 7) is 0. The Hall–Kier alpha value is -1.24. The number of hydrogen-bond donors (Lipinski definition) is 1. The Morgan fingerprint density at radius 2 is 2.00 bits per heavy atom. The number of amides is 1. The lowest BCUT2D eigenvalue weighted by Crippen LogP contribution is -2.15. The first kappa shape index (κ1) is 12.8. The predicted octanol–water partition coefficient (Wildman–Crippen LogP) is 2.58. The minimum atomic E-state index is -4.54. The zero-order valence-electron chi connectivity index (χ0n) is 8.06. The van der Waals surface area contributed by atoms with Crippen LogP contribution in [0, 0.1) is 0 Å². The van der Waals surface area contributed by atoms with Crippen molar-refractivity contribution in [1.29, 1.82) is 0 Å². The second kappa shape index (κ2) is 4.32. The van der Waals surface area contributed by atoms with E-state index in [1.807, 2.05) is 0 Å². The summed E-state index contributed by atoms with van der Waals surface area (Å²) >= 11 is 2.89. The Morgan fingerprint density at radius 1 is 1.44 bits per heavy atom. The van der Waals surface area contributed by atoms with E-state index in [4.69, 9.17) is 10.5 Å². The maximum absolute atomic E-state index is 12.4. The average Bonchev–Trinajstić information content (AvgIpc) is 2.14. The molecule has 2 N–H and O–H groups in total. The number of primary amides is 1. The number of benzene rings is 1. The first-order valence-electron chi connectivity index (χ1n) is 4.02. The van der Waals surface area contributed by atoms with Crippen LogP contribution in [0.5, 0.6) is 5.75 Å². The number of nitrogens with two attached hydrogens (primary N) is 1. The van der Waals surface area contributed by atoms with Crippen molar-refractivity contribution in [3.63, 3.8) is 0 Å². The van der Waals surface area contributed by atoms with Gasteiger partial charge in [0.2, 0.25) is 0 Å². The smallest absolute Gasteiger partial charge is 0.416 e. The van der Waals surface area contributed by atoms with Gasteiger partial charge in [-0.25, -0.2) is 0 Å². The number of halogens is 4. The van der Waals surface area contributed by atoms with Gasteiger partial charge in [-0.15, -0.1) is 0 Å². The van der Waals surface area contributed by atoms with Gasteiger partial charge < -0.3 is 10.5 Å². The summed E-state index contributed by atoms with van der Waals surface area (Å²) in [7, 11) is 1.24. The molecule has 1 rings (SSSR count). The van der Waals surface area contributed by atoms with E-state index in [0.717, 1.165) is 6.07 Å². The van der Waals surface area contributed by atoms with Crippen LogP contribution in [-0.2, 0) is 6.18 Å². The summed E-state index contributed by atoms with van der Waals surface area (Å²) in [6.07, 6.45) is -4.54. The van der Waals surface area contributed by atoms with Crippen molar-refractivity contribution in [3.8, 4) is 5.75 Å². The Balaban J connectivity index is 3.46. The van der Waals surface area contributed by atoms with Gasteiger partial charge in [-0.1, -0.05) is 0 Å². The third-order valence-corrected chi connectivity index (χ3v) is 2.43. The molecular formula is C9H7BrF3NO2. The van der Waals surface area contributed by atoms with Gasteiger partial charge in [0.15, 0.2) is 0 Å². The monoisotopic (exact) mass is 297 g/mol. The molecule has 0 heterocycles. The van der Waals surface area contributed by atoms with Crippen LogP contribution >= 0.6 is 15.9 Å². The van der Waals surface area contributed by atoms with Crippen LogP contribution in [0.25, 0.3) is 0 Å². The van der Waals surface area contributed by atoms with Gasteiger partial charge in [0.1, 0.15) is 5.75 Å². The number of carbonyl (C=O) groups is 1. The number of alkyl halides is 3. The molecule has 16 heavy (non-hydrogen) atoms. The minimum absolute atomic E-state index is 0.0134. The van der Waals surface area contributed by atoms with Crippen LogP contribution in [0.4, 0.5) is 13.2 Å². The molecule has 0 fully saturated rings. The van der Waals surface area contributed by atoms with E-state index >= 15 is 0 Å². The van der Waals surface area contributed by atoms with Gasteiger partial charge in [0.05, 0.1) is 22.7 Å². The molecule has 0 aliphatic heterocycles. The number of methoxy groups -OCH3 is 1. The van der Waals surface area contributed by atoms with E-state index in [2.05, 4.69) is 15.9 Å². The molecule has 0 unspecified atom stereocenters. The molecule has 0 saturated heterocycles. The van der Waals surface area contributed by atoms with Crippen LogP contribution in [0.2, 0.25) is 0 Å². The summed E-state index contributed by atoms with van der Waals surface area (Å²) in [4.78, 5) is 11.0. The van der Waals surface area contributed by atoms with Crippen LogP contribution < -0.4 is 10.5 Å². The van der Waals surface area contributed by atoms with E-state index < -0.39 is 17.6 Å². The number of rotatable bonds is 2. The van der Waals surface area contributed by atoms with Crippen molar-refractivity contribution in [2.24, 2.45) is 5.73 Å². The third kappa shape index (κ3) is 2.46. The highest BCUT2D eigenvalue weighted by atomic mass is 79.9. The fraction of sp³-hybridized carbons (Fsp3) is 0.222. The quantitative estimate of drug-likeness (QED) is 0.912. The summed E-state index contributed by atoms with van der Waals surface area (Å²) in [5, 5.41) is 0. The Morgan fingerprint density at radius 3 is 2.38 bits per heavy atom. The molecule has 0 spiro atoms. The topological polar surface area (TPSA) is 52.3 Å². The standard InChI is InChI=1S/C9H7BrF3NO2/c1-16-7-5(8(14)15)2-4(3-6(7)10)9(11,12)13/h2-3H,1H3,(H2,14,15). The molecule has 88 valence electrons. The summed E-state index contributed by atoms with van der Waals surface area (Å²) in [6, 6.07) is 1.48. The van der Waals surface area contributed by atoms with E-state index in [9.17, 15) is 18.0 Å². The van der Waals surface area contributed by atoms with Crippen LogP contribution in [0.1, 0.15) is 15.9 Å². The lowest BCUT2D eigenvalue weighted by Gasteiger charge is -2.12. The minimum Gasteiger partial charge on any atom is -0.495 e. The van der Waals surface area contributed by atoms with Gasteiger partial charge in [0.25, 0.3) is 5.91 Å². The Kier molecular flexibility index (Phi) is 3.47. The van der Waals surface area contributed by atoms with Crippen molar-refractivity contribution in [2.75, 3.05) is 7.11 Å². The van der Waals surface area contributed by atoms with Gasteiger partial charge in [-0.05, 0) is 28.1 Å². The van der Waals surface area contributed by atoms with Crippen molar-refractivity contribution in [1.82, 2.24) is 0 Å². The normalized spacial score (nSPS) is 11.3. The fourth-order valence-corrected chi connectivity index (χ4v) is 1.77. The largest absolute Gasteiger partial charge is 0.495 e. The van der Waals surface area contributed by atoms with Crippen molar-refractivity contribution in [2.45, 2.75) is 6.18 Å². The molecule has 1 amide bonds. The first-order valence-corrected chi connectivity index (χ1v) is 4.81. The highest BCUT2D eigenvalue weighted by Gasteiger charge is 2.32. The fourth-order valence-electron chi connectivity index (χ4n) is 1.15. The summed E-state index contributed by atoms with van der Waals surface area (Å²) < 4.78 is 42.1. The maximum atomic E-state index is 12.4. The zero-order chi connectivity index (χ0) is 12.5. The second-order valence-corrected chi connectivity index (χ2v) is 3.76. The van der Waals surface area contributed by atoms with Crippen LogP contribution in [0.3, 0.4) is 0 Å². The second-order valence-electron chi connectivity index (χ2n) is 2.90. The molecule has 3 nitrogen and oxygen atoms in total. The van der Waals surface area contributed by atoms with Crippen molar-refractivity contribution in [3.05, 3.63) is 27.7 Å². The van der Waals surface area contributed by atoms with E-state index in [1.165, 1.54) is 7.11 Å². The number of carbonyl (C=O) groups excluding carboxylic acids is 1. The maximum Gasteiger partial charge on any atom is 0.416 e. The molecule has 0 atom stereocenters. The molecule has 0 radical (unpaired) electrons. The molecular weight excluding hydrogens is 291 g/mol. The average molecular weight is 298 g/mol. The third-order valence-electron chi connectivity index (χ3n) is 1.84. The van der Waals surface area contributed by atoms with Gasteiger partial charge >= 0.3 is 6.18 Å². The molecule has 1 aromatic rings. The SMILES string of the molecule is COc1c(Br)cc(C(F)(F)F)cc1C(N)=O. The molecule has 0 saturated carbocycles. The van der Waals surface area contributed by atoms with Crippen molar-refractivity contribution >= 4 is 21.8 Å². The van der Waals surface area contributed by atoms with E-state index in [-0.39, 0.29) is 15.8 Å². The highest BCUT2D eigenvalue weighted by Crippen LogP contribution is 2.37. The van der Waals surface area contributed by atoms with E-state index in [1.54, 1.807) is 0 Å². The van der Waals surface area contributed by atoms with Crippen LogP contribution in [0.15, 0.2) is 16.6 Å². The van der Waals surface area contributed by atoms with Gasteiger partial charge in [0, 0.05) is 0 Å². The Labute approximate surface area is 97.5 Å². The molecule has 0 bridgehead atoms. The first-order chi connectivity index (χ1) is 7.27. The molecule has 1 aromatic carbocycles. The Bertz CT molecular complexity index is 431.